The van der Waals surface area contributed by atoms with Gasteiger partial charge in [0, 0.05) is 23.0 Å². The Morgan fingerprint density at radius 1 is 0.970 bits per heavy atom. The van der Waals surface area contributed by atoms with Gasteiger partial charge in [0.25, 0.3) is 15.9 Å². The number of fused-ring (bicyclic) bond motifs is 1. The molecule has 0 saturated carbocycles. The molecule has 0 aliphatic carbocycles. The van der Waals surface area contributed by atoms with E-state index in [0.717, 1.165) is 10.8 Å². The maximum absolute atomic E-state index is 12.6. The molecule has 2 N–H and O–H groups in total. The predicted octanol–water partition coefficient (Wildman–Crippen LogP) is 4.15. The zero-order chi connectivity index (χ0) is 23.4. The van der Waals surface area contributed by atoms with Gasteiger partial charge < -0.3 is 10.1 Å². The molecule has 0 bridgehead atoms. The molecule has 0 aliphatic rings. The van der Waals surface area contributed by atoms with Gasteiger partial charge in [-0.25, -0.2) is 23.1 Å². The lowest BCUT2D eigenvalue weighted by Crippen LogP contribution is -2.30. The van der Waals surface area contributed by atoms with E-state index in [0.29, 0.717) is 17.1 Å². The van der Waals surface area contributed by atoms with Crippen LogP contribution in [0.2, 0.25) is 0 Å². The quantitative estimate of drug-likeness (QED) is 0.427. The summed E-state index contributed by atoms with van der Waals surface area (Å²) >= 11 is 0. The van der Waals surface area contributed by atoms with Crippen LogP contribution in [-0.2, 0) is 14.8 Å². The van der Waals surface area contributed by atoms with Gasteiger partial charge in [0.1, 0.15) is 5.75 Å². The monoisotopic (exact) mass is 462 g/mol. The first-order valence-electron chi connectivity index (χ1n) is 10.2. The first-order valence-corrected chi connectivity index (χ1v) is 11.7. The van der Waals surface area contributed by atoms with Crippen molar-refractivity contribution in [2.75, 3.05) is 10.0 Å². The Hall–Kier alpha value is -3.98. The van der Waals surface area contributed by atoms with Crippen molar-refractivity contribution in [3.63, 3.8) is 0 Å². The molecular formula is C24H22N4O4S. The number of sulfonamides is 1. The van der Waals surface area contributed by atoms with Crippen molar-refractivity contribution in [2.24, 2.45) is 0 Å². The second-order valence-electron chi connectivity index (χ2n) is 7.38. The van der Waals surface area contributed by atoms with Crippen molar-refractivity contribution >= 4 is 38.3 Å². The molecule has 4 aromatic rings. The van der Waals surface area contributed by atoms with Crippen LogP contribution in [-0.4, -0.2) is 30.4 Å². The van der Waals surface area contributed by atoms with Crippen LogP contribution in [0.4, 0.5) is 11.6 Å². The Balaban J connectivity index is 1.42. The number of aromatic nitrogens is 2. The fourth-order valence-electron chi connectivity index (χ4n) is 3.18. The summed E-state index contributed by atoms with van der Waals surface area (Å²) in [5.41, 5.74) is 1.08. The number of ether oxygens (including phenoxy) is 1. The Morgan fingerprint density at radius 3 is 2.45 bits per heavy atom. The first kappa shape index (κ1) is 22.2. The maximum atomic E-state index is 12.6. The standard InChI is InChI=1S/C24H22N4O4S/c1-16-14-15-25-24(26-16)28-33(30,31)20-12-10-19(11-13-20)27-23(29)17(2)32-22-9-5-7-18-6-3-4-8-21(18)22/h3-15,17H,1-2H3,(H,27,29)(H,25,26,28)/t17-/m0/s1. The van der Waals surface area contributed by atoms with Gasteiger partial charge in [-0.3, -0.25) is 4.79 Å². The summed E-state index contributed by atoms with van der Waals surface area (Å²) in [5, 5.41) is 4.68. The summed E-state index contributed by atoms with van der Waals surface area (Å²) in [4.78, 5) is 20.6. The van der Waals surface area contributed by atoms with Crippen molar-refractivity contribution in [1.29, 1.82) is 0 Å². The van der Waals surface area contributed by atoms with Crippen molar-refractivity contribution in [3.8, 4) is 5.75 Å². The number of rotatable bonds is 7. The highest BCUT2D eigenvalue weighted by molar-refractivity contribution is 7.92. The molecule has 0 fully saturated rings. The van der Waals surface area contributed by atoms with Crippen molar-refractivity contribution in [3.05, 3.63) is 84.7 Å². The van der Waals surface area contributed by atoms with E-state index in [1.807, 2.05) is 42.5 Å². The van der Waals surface area contributed by atoms with Gasteiger partial charge in [-0.15, -0.1) is 0 Å². The average Bonchev–Trinajstić information content (AvgIpc) is 2.79. The lowest BCUT2D eigenvalue weighted by Gasteiger charge is -2.16. The summed E-state index contributed by atoms with van der Waals surface area (Å²) in [6.07, 6.45) is 0.708. The third-order valence-electron chi connectivity index (χ3n) is 4.88. The minimum absolute atomic E-state index is 0.00760. The molecule has 8 nitrogen and oxygen atoms in total. The number of carbonyl (C=O) groups is 1. The molecule has 0 unspecified atom stereocenters. The summed E-state index contributed by atoms with van der Waals surface area (Å²) < 4.78 is 33.4. The Morgan fingerprint density at radius 2 is 1.70 bits per heavy atom. The number of benzene rings is 3. The summed E-state index contributed by atoms with van der Waals surface area (Å²) in [6.45, 7) is 3.39. The average molecular weight is 463 g/mol. The Bertz CT molecular complexity index is 1400. The van der Waals surface area contributed by atoms with Crippen LogP contribution >= 0.6 is 0 Å². The molecule has 168 valence electrons. The smallest absolute Gasteiger partial charge is 0.265 e. The zero-order valence-corrected chi connectivity index (χ0v) is 18.8. The number of hydrogen-bond donors (Lipinski definition) is 2. The van der Waals surface area contributed by atoms with Crippen molar-refractivity contribution in [1.82, 2.24) is 9.97 Å². The van der Waals surface area contributed by atoms with Crippen molar-refractivity contribution < 1.29 is 17.9 Å². The Labute approximate surface area is 191 Å². The van der Waals surface area contributed by atoms with E-state index in [2.05, 4.69) is 20.0 Å². The minimum atomic E-state index is -3.87. The third kappa shape index (κ3) is 5.27. The number of amides is 1. The highest BCUT2D eigenvalue weighted by Crippen LogP contribution is 2.26. The lowest BCUT2D eigenvalue weighted by molar-refractivity contribution is -0.122. The second-order valence-corrected chi connectivity index (χ2v) is 9.06. The van der Waals surface area contributed by atoms with Crippen molar-refractivity contribution in [2.45, 2.75) is 24.8 Å². The number of carbonyl (C=O) groups excluding carboxylic acids is 1. The third-order valence-corrected chi connectivity index (χ3v) is 6.22. The fourth-order valence-corrected chi connectivity index (χ4v) is 4.13. The molecule has 1 atom stereocenters. The van der Waals surface area contributed by atoms with Crippen LogP contribution in [0.15, 0.2) is 83.9 Å². The van der Waals surface area contributed by atoms with Gasteiger partial charge >= 0.3 is 0 Å². The van der Waals surface area contributed by atoms with Crippen LogP contribution in [0.25, 0.3) is 10.8 Å². The van der Waals surface area contributed by atoms with Gasteiger partial charge in [0.05, 0.1) is 4.90 Å². The van der Waals surface area contributed by atoms with Crippen LogP contribution in [0.3, 0.4) is 0 Å². The second kappa shape index (κ2) is 9.25. The van der Waals surface area contributed by atoms with Crippen LogP contribution in [0, 0.1) is 6.92 Å². The van der Waals surface area contributed by atoms with E-state index in [4.69, 9.17) is 4.74 Å². The molecule has 9 heteroatoms. The summed E-state index contributed by atoms with van der Waals surface area (Å²) in [5.74, 6) is 0.248. The number of anilines is 2. The van der Waals surface area contributed by atoms with Gasteiger partial charge in [-0.05, 0) is 55.6 Å². The molecule has 0 saturated heterocycles. The molecule has 3 aromatic carbocycles. The van der Waals surface area contributed by atoms with Gasteiger partial charge in [0.15, 0.2) is 6.10 Å². The first-order chi connectivity index (χ1) is 15.8. The van der Waals surface area contributed by atoms with E-state index in [1.165, 1.54) is 30.5 Å². The summed E-state index contributed by atoms with van der Waals surface area (Å²) in [7, 11) is -3.87. The number of nitrogens with zero attached hydrogens (tertiary/aromatic N) is 2. The molecule has 0 spiro atoms. The predicted molar refractivity (Wildman–Crippen MR) is 127 cm³/mol. The van der Waals surface area contributed by atoms with E-state index in [1.54, 1.807) is 19.9 Å². The highest BCUT2D eigenvalue weighted by atomic mass is 32.2. The molecule has 4 rings (SSSR count). The van der Waals surface area contributed by atoms with E-state index in [9.17, 15) is 13.2 Å². The summed E-state index contributed by atoms with van der Waals surface area (Å²) in [6, 6.07) is 20.9. The van der Waals surface area contributed by atoms with Gasteiger partial charge in [-0.1, -0.05) is 36.4 Å². The normalized spacial score (nSPS) is 12.2. The van der Waals surface area contributed by atoms with Crippen LogP contribution < -0.4 is 14.8 Å². The van der Waals surface area contributed by atoms with Crippen LogP contribution in [0.1, 0.15) is 12.6 Å². The number of hydrogen-bond acceptors (Lipinski definition) is 6. The largest absolute Gasteiger partial charge is 0.480 e. The number of nitrogens with one attached hydrogen (secondary N) is 2. The highest BCUT2D eigenvalue weighted by Gasteiger charge is 2.18. The number of aryl methyl sites for hydroxylation is 1. The Kier molecular flexibility index (Phi) is 6.23. The topological polar surface area (TPSA) is 110 Å². The minimum Gasteiger partial charge on any atom is -0.480 e. The SMILES string of the molecule is Cc1ccnc(NS(=O)(=O)c2ccc(NC(=O)[C@H](C)Oc3cccc4ccccc34)cc2)n1. The zero-order valence-electron chi connectivity index (χ0n) is 18.0. The molecule has 33 heavy (non-hydrogen) atoms. The fraction of sp³-hybridized carbons (Fsp3) is 0.125. The molecule has 1 amide bonds. The van der Waals surface area contributed by atoms with Gasteiger partial charge in [0.2, 0.25) is 5.95 Å². The maximum Gasteiger partial charge on any atom is 0.265 e. The van der Waals surface area contributed by atoms with E-state index < -0.39 is 16.1 Å². The molecule has 1 aromatic heterocycles. The van der Waals surface area contributed by atoms with Crippen LogP contribution in [0.5, 0.6) is 5.75 Å². The molecule has 0 aliphatic heterocycles. The van der Waals surface area contributed by atoms with Gasteiger partial charge in [-0.2, -0.15) is 0 Å². The lowest BCUT2D eigenvalue weighted by atomic mass is 10.1. The van der Waals surface area contributed by atoms with E-state index >= 15 is 0 Å². The molecule has 1 heterocycles. The van der Waals surface area contributed by atoms with E-state index in [-0.39, 0.29) is 16.8 Å². The molecular weight excluding hydrogens is 440 g/mol. The molecule has 0 radical (unpaired) electrons.